The molecule has 19 heavy (non-hydrogen) atoms. The van der Waals surface area contributed by atoms with Crippen LogP contribution in [0.5, 0.6) is 11.6 Å². The summed E-state index contributed by atoms with van der Waals surface area (Å²) >= 11 is 0. The summed E-state index contributed by atoms with van der Waals surface area (Å²) in [5, 5.41) is 4.99. The first-order valence-corrected chi connectivity index (χ1v) is 7.14. The number of ether oxygens (including phenoxy) is 1. The maximum atomic E-state index is 11.1. The highest BCUT2D eigenvalue weighted by Gasteiger charge is 2.08. The molecule has 0 fully saturated rings. The number of primary sulfonamides is 1. The van der Waals surface area contributed by atoms with Gasteiger partial charge in [-0.05, 0) is 43.2 Å². The van der Waals surface area contributed by atoms with Crippen LogP contribution in [-0.2, 0) is 10.0 Å². The standard InChI is InChI=1S/C13H14N2O3S/c1-9-5-10(2)7-11(6-9)18-13-4-3-12(8-15-13)19(14,16)17/h3-8H,1-2H3,(H2,14,16,17). The van der Waals surface area contributed by atoms with Crippen LogP contribution in [0.2, 0.25) is 0 Å². The van der Waals surface area contributed by atoms with Crippen LogP contribution in [0.15, 0.2) is 41.4 Å². The van der Waals surface area contributed by atoms with E-state index in [0.717, 1.165) is 11.1 Å². The minimum atomic E-state index is -3.72. The number of aromatic nitrogens is 1. The molecule has 100 valence electrons. The van der Waals surface area contributed by atoms with Crippen molar-refractivity contribution in [3.05, 3.63) is 47.7 Å². The van der Waals surface area contributed by atoms with Gasteiger partial charge in [0.05, 0.1) is 6.20 Å². The van der Waals surface area contributed by atoms with E-state index in [0.29, 0.717) is 11.6 Å². The number of nitrogens with zero attached hydrogens (tertiary/aromatic N) is 1. The van der Waals surface area contributed by atoms with E-state index in [2.05, 4.69) is 4.98 Å². The van der Waals surface area contributed by atoms with Gasteiger partial charge in [-0.15, -0.1) is 0 Å². The lowest BCUT2D eigenvalue weighted by atomic mass is 10.1. The van der Waals surface area contributed by atoms with E-state index in [1.165, 1.54) is 18.3 Å². The predicted molar refractivity (Wildman–Crippen MR) is 71.6 cm³/mol. The Balaban J connectivity index is 2.24. The third-order valence-corrected chi connectivity index (χ3v) is 3.35. The van der Waals surface area contributed by atoms with Crippen LogP contribution in [-0.4, -0.2) is 13.4 Å². The van der Waals surface area contributed by atoms with Crippen LogP contribution < -0.4 is 9.88 Å². The Morgan fingerprint density at radius 2 is 1.74 bits per heavy atom. The first-order valence-electron chi connectivity index (χ1n) is 5.59. The van der Waals surface area contributed by atoms with Gasteiger partial charge in [0, 0.05) is 6.07 Å². The normalized spacial score (nSPS) is 11.3. The molecule has 1 heterocycles. The molecule has 2 rings (SSSR count). The second-order valence-electron chi connectivity index (χ2n) is 4.30. The van der Waals surface area contributed by atoms with Gasteiger partial charge in [0.2, 0.25) is 15.9 Å². The summed E-state index contributed by atoms with van der Waals surface area (Å²) in [5.74, 6) is 0.978. The molecule has 2 aromatic rings. The molecule has 0 aliphatic carbocycles. The SMILES string of the molecule is Cc1cc(C)cc(Oc2ccc(S(N)(=O)=O)cn2)c1. The van der Waals surface area contributed by atoms with Crippen molar-refractivity contribution in [3.63, 3.8) is 0 Å². The molecular weight excluding hydrogens is 264 g/mol. The monoisotopic (exact) mass is 278 g/mol. The number of benzene rings is 1. The molecule has 0 saturated heterocycles. The Hall–Kier alpha value is -1.92. The summed E-state index contributed by atoms with van der Waals surface area (Å²) in [4.78, 5) is 3.88. The third-order valence-electron chi connectivity index (χ3n) is 2.46. The summed E-state index contributed by atoms with van der Waals surface area (Å²) in [7, 11) is -3.72. The number of hydrogen-bond acceptors (Lipinski definition) is 4. The molecule has 1 aromatic heterocycles. The van der Waals surface area contributed by atoms with E-state index >= 15 is 0 Å². The molecule has 2 N–H and O–H groups in total. The second-order valence-corrected chi connectivity index (χ2v) is 5.86. The molecule has 5 nitrogen and oxygen atoms in total. The van der Waals surface area contributed by atoms with Crippen LogP contribution >= 0.6 is 0 Å². The first kappa shape index (κ1) is 13.5. The topological polar surface area (TPSA) is 82.3 Å². The van der Waals surface area contributed by atoms with Gasteiger partial charge < -0.3 is 4.74 Å². The molecule has 0 spiro atoms. The average Bonchev–Trinajstić information content (AvgIpc) is 2.26. The quantitative estimate of drug-likeness (QED) is 0.932. The Bertz CT molecular complexity index is 674. The summed E-state index contributed by atoms with van der Waals surface area (Å²) in [5.41, 5.74) is 2.16. The van der Waals surface area contributed by atoms with E-state index in [-0.39, 0.29) is 4.90 Å². The van der Waals surface area contributed by atoms with Gasteiger partial charge in [-0.3, -0.25) is 0 Å². The van der Waals surface area contributed by atoms with Crippen LogP contribution in [0.1, 0.15) is 11.1 Å². The molecule has 0 bridgehead atoms. The number of sulfonamides is 1. The highest BCUT2D eigenvalue weighted by atomic mass is 32.2. The zero-order valence-electron chi connectivity index (χ0n) is 10.6. The molecular formula is C13H14N2O3S. The molecule has 0 radical (unpaired) electrons. The summed E-state index contributed by atoms with van der Waals surface area (Å²) in [6.45, 7) is 3.94. The van der Waals surface area contributed by atoms with E-state index in [9.17, 15) is 8.42 Å². The van der Waals surface area contributed by atoms with E-state index < -0.39 is 10.0 Å². The number of nitrogens with two attached hydrogens (primary N) is 1. The Morgan fingerprint density at radius 3 is 2.21 bits per heavy atom. The third kappa shape index (κ3) is 3.52. The van der Waals surface area contributed by atoms with Gasteiger partial charge in [-0.25, -0.2) is 18.5 Å². The lowest BCUT2D eigenvalue weighted by Gasteiger charge is -2.07. The van der Waals surface area contributed by atoms with Crippen molar-refractivity contribution in [1.29, 1.82) is 0 Å². The number of pyridine rings is 1. The zero-order chi connectivity index (χ0) is 14.0. The molecule has 0 atom stereocenters. The Kier molecular flexibility index (Phi) is 3.55. The van der Waals surface area contributed by atoms with Crippen molar-refractivity contribution in [2.24, 2.45) is 5.14 Å². The lowest BCUT2D eigenvalue weighted by Crippen LogP contribution is -2.12. The van der Waals surface area contributed by atoms with Crippen molar-refractivity contribution in [1.82, 2.24) is 4.98 Å². The van der Waals surface area contributed by atoms with Crippen molar-refractivity contribution < 1.29 is 13.2 Å². The molecule has 0 unspecified atom stereocenters. The number of rotatable bonds is 3. The van der Waals surface area contributed by atoms with Crippen molar-refractivity contribution in [3.8, 4) is 11.6 Å². The minimum Gasteiger partial charge on any atom is -0.439 e. The van der Waals surface area contributed by atoms with E-state index in [1.807, 2.05) is 32.0 Å². The largest absolute Gasteiger partial charge is 0.439 e. The highest BCUT2D eigenvalue weighted by Crippen LogP contribution is 2.22. The summed E-state index contributed by atoms with van der Waals surface area (Å²) in [6, 6.07) is 8.62. The number of aryl methyl sites for hydroxylation is 2. The zero-order valence-corrected chi connectivity index (χ0v) is 11.4. The van der Waals surface area contributed by atoms with Gasteiger partial charge in [0.15, 0.2) is 0 Å². The van der Waals surface area contributed by atoms with Crippen molar-refractivity contribution in [2.75, 3.05) is 0 Å². The lowest BCUT2D eigenvalue weighted by molar-refractivity contribution is 0.461. The van der Waals surface area contributed by atoms with Crippen LogP contribution in [0, 0.1) is 13.8 Å². The van der Waals surface area contributed by atoms with Crippen LogP contribution in [0.3, 0.4) is 0 Å². The van der Waals surface area contributed by atoms with Crippen LogP contribution in [0.4, 0.5) is 0 Å². The van der Waals surface area contributed by atoms with Crippen molar-refractivity contribution >= 4 is 10.0 Å². The Labute approximate surface area is 112 Å². The van der Waals surface area contributed by atoms with Gasteiger partial charge in [-0.2, -0.15) is 0 Å². The highest BCUT2D eigenvalue weighted by molar-refractivity contribution is 7.89. The fraction of sp³-hybridized carbons (Fsp3) is 0.154. The second kappa shape index (κ2) is 4.99. The molecule has 0 amide bonds. The molecule has 6 heteroatoms. The number of hydrogen-bond donors (Lipinski definition) is 1. The van der Waals surface area contributed by atoms with E-state index in [1.54, 1.807) is 0 Å². The Morgan fingerprint density at radius 1 is 1.11 bits per heavy atom. The maximum Gasteiger partial charge on any atom is 0.239 e. The summed E-state index contributed by atoms with van der Waals surface area (Å²) in [6.07, 6.45) is 1.17. The molecule has 1 aromatic carbocycles. The molecule has 0 aliphatic rings. The smallest absolute Gasteiger partial charge is 0.239 e. The van der Waals surface area contributed by atoms with Gasteiger partial charge in [0.25, 0.3) is 0 Å². The molecule has 0 saturated carbocycles. The predicted octanol–water partition coefficient (Wildman–Crippen LogP) is 2.14. The molecule has 0 aliphatic heterocycles. The van der Waals surface area contributed by atoms with E-state index in [4.69, 9.17) is 9.88 Å². The average molecular weight is 278 g/mol. The maximum absolute atomic E-state index is 11.1. The van der Waals surface area contributed by atoms with Crippen LogP contribution in [0.25, 0.3) is 0 Å². The first-order chi connectivity index (χ1) is 8.84. The minimum absolute atomic E-state index is 0.0414. The fourth-order valence-electron chi connectivity index (χ4n) is 1.71. The van der Waals surface area contributed by atoms with Gasteiger partial charge >= 0.3 is 0 Å². The van der Waals surface area contributed by atoms with Gasteiger partial charge in [-0.1, -0.05) is 6.07 Å². The van der Waals surface area contributed by atoms with Gasteiger partial charge in [0.1, 0.15) is 10.6 Å². The summed E-state index contributed by atoms with van der Waals surface area (Å²) < 4.78 is 27.7. The fourth-order valence-corrected chi connectivity index (χ4v) is 2.17. The van der Waals surface area contributed by atoms with Crippen molar-refractivity contribution in [2.45, 2.75) is 18.7 Å².